The van der Waals surface area contributed by atoms with Crippen molar-refractivity contribution in [1.82, 2.24) is 20.2 Å². The van der Waals surface area contributed by atoms with Crippen LogP contribution in [-0.2, 0) is 0 Å². The minimum Gasteiger partial charge on any atom is -0.497 e. The number of nitrogens with zero attached hydrogens (tertiary/aromatic N) is 4. The molecule has 1 saturated heterocycles. The highest BCUT2D eigenvalue weighted by atomic mass is 35.5. The van der Waals surface area contributed by atoms with Gasteiger partial charge in [0, 0.05) is 23.7 Å². The van der Waals surface area contributed by atoms with Crippen molar-refractivity contribution in [3.63, 3.8) is 0 Å². The van der Waals surface area contributed by atoms with E-state index < -0.39 is 0 Å². The maximum absolute atomic E-state index is 6.22. The fourth-order valence-electron chi connectivity index (χ4n) is 4.80. The Bertz CT molecular complexity index is 1000. The minimum absolute atomic E-state index is 0.596. The second-order valence-electron chi connectivity index (χ2n) is 8.07. The van der Waals surface area contributed by atoms with Crippen LogP contribution in [0.2, 0.25) is 5.02 Å². The standard InChI is InChI=1S/C21H24ClN5O/c1-28-16-11-14(10-15(22)12-16)18-19-20(26-25-18)24-17(13-23-19)27-8-6-21(7-9-27)4-2-3-5-21/h10-13H,2-9H2,1H3,(H,24,25,26). The fourth-order valence-corrected chi connectivity index (χ4v) is 5.03. The second-order valence-corrected chi connectivity index (χ2v) is 8.51. The first-order chi connectivity index (χ1) is 13.7. The molecule has 1 aromatic carbocycles. The summed E-state index contributed by atoms with van der Waals surface area (Å²) < 4.78 is 5.32. The predicted octanol–water partition coefficient (Wildman–Crippen LogP) is 4.84. The molecule has 2 aromatic heterocycles. The summed E-state index contributed by atoms with van der Waals surface area (Å²) in [6.07, 6.45) is 10.00. The van der Waals surface area contributed by atoms with Gasteiger partial charge in [0.05, 0.1) is 19.0 Å². The highest BCUT2D eigenvalue weighted by molar-refractivity contribution is 6.31. The number of aromatic nitrogens is 4. The maximum atomic E-state index is 6.22. The SMILES string of the molecule is COc1cc(Cl)cc(-c2[nH]nc3nc(N4CCC5(CCCC5)CC4)cnc23)c1. The smallest absolute Gasteiger partial charge is 0.202 e. The number of ether oxygens (including phenoxy) is 1. The number of hydrogen-bond donors (Lipinski definition) is 1. The molecule has 0 amide bonds. The van der Waals surface area contributed by atoms with Gasteiger partial charge in [-0.1, -0.05) is 24.4 Å². The van der Waals surface area contributed by atoms with Gasteiger partial charge in [-0.15, -0.1) is 0 Å². The molecule has 2 fully saturated rings. The first-order valence-electron chi connectivity index (χ1n) is 9.97. The number of hydrogen-bond acceptors (Lipinski definition) is 5. The number of benzene rings is 1. The molecule has 0 atom stereocenters. The van der Waals surface area contributed by atoms with E-state index in [9.17, 15) is 0 Å². The monoisotopic (exact) mass is 397 g/mol. The largest absolute Gasteiger partial charge is 0.497 e. The van der Waals surface area contributed by atoms with Gasteiger partial charge < -0.3 is 9.64 Å². The molecular formula is C21H24ClN5O. The minimum atomic E-state index is 0.596. The molecule has 2 aliphatic rings. The number of H-pyrrole nitrogens is 1. The van der Waals surface area contributed by atoms with Crippen molar-refractivity contribution in [1.29, 1.82) is 0 Å². The van der Waals surface area contributed by atoms with Gasteiger partial charge in [-0.2, -0.15) is 5.10 Å². The van der Waals surface area contributed by atoms with Gasteiger partial charge in [-0.3, -0.25) is 5.10 Å². The lowest BCUT2D eigenvalue weighted by Gasteiger charge is -2.39. The van der Waals surface area contributed by atoms with Crippen LogP contribution in [0, 0.1) is 5.41 Å². The van der Waals surface area contributed by atoms with E-state index in [0.29, 0.717) is 21.8 Å². The van der Waals surface area contributed by atoms with Crippen molar-refractivity contribution in [2.45, 2.75) is 38.5 Å². The van der Waals surface area contributed by atoms with Crippen LogP contribution in [0.3, 0.4) is 0 Å². The van der Waals surface area contributed by atoms with E-state index in [1.54, 1.807) is 13.2 Å². The number of halogens is 1. The van der Waals surface area contributed by atoms with E-state index in [1.165, 1.54) is 38.5 Å². The second kappa shape index (κ2) is 6.92. The molecule has 6 nitrogen and oxygen atoms in total. The van der Waals surface area contributed by atoms with E-state index >= 15 is 0 Å². The van der Waals surface area contributed by atoms with Crippen LogP contribution in [-0.4, -0.2) is 40.4 Å². The molecule has 1 aliphatic carbocycles. The number of piperidine rings is 1. The van der Waals surface area contributed by atoms with Crippen LogP contribution < -0.4 is 9.64 Å². The molecule has 0 bridgehead atoms. The molecule has 1 N–H and O–H groups in total. The van der Waals surface area contributed by atoms with Gasteiger partial charge in [0.25, 0.3) is 0 Å². The van der Waals surface area contributed by atoms with Crippen molar-refractivity contribution < 1.29 is 4.74 Å². The van der Waals surface area contributed by atoms with Crippen LogP contribution in [0.15, 0.2) is 24.4 Å². The predicted molar refractivity (Wildman–Crippen MR) is 111 cm³/mol. The van der Waals surface area contributed by atoms with Gasteiger partial charge in [0.15, 0.2) is 0 Å². The molecule has 0 radical (unpaired) electrons. The third-order valence-electron chi connectivity index (χ3n) is 6.46. The number of methoxy groups -OCH3 is 1. The Kier molecular flexibility index (Phi) is 4.38. The molecule has 146 valence electrons. The Balaban J connectivity index is 1.42. The molecule has 3 heterocycles. The average molecular weight is 398 g/mol. The van der Waals surface area contributed by atoms with Crippen molar-refractivity contribution >= 4 is 28.6 Å². The number of aromatic amines is 1. The number of anilines is 1. The summed E-state index contributed by atoms with van der Waals surface area (Å²) >= 11 is 6.22. The van der Waals surface area contributed by atoms with Gasteiger partial charge >= 0.3 is 0 Å². The van der Waals surface area contributed by atoms with E-state index in [0.717, 1.165) is 35.7 Å². The molecule has 28 heavy (non-hydrogen) atoms. The van der Waals surface area contributed by atoms with Gasteiger partial charge in [-0.05, 0) is 49.3 Å². The zero-order valence-corrected chi connectivity index (χ0v) is 16.8. The lowest BCUT2D eigenvalue weighted by Crippen LogP contribution is -2.39. The summed E-state index contributed by atoms with van der Waals surface area (Å²) in [7, 11) is 1.63. The Hall–Kier alpha value is -2.34. The van der Waals surface area contributed by atoms with Crippen LogP contribution in [0.4, 0.5) is 5.82 Å². The lowest BCUT2D eigenvalue weighted by atomic mass is 9.77. The Morgan fingerprint density at radius 2 is 1.89 bits per heavy atom. The van der Waals surface area contributed by atoms with Crippen LogP contribution in [0.5, 0.6) is 5.75 Å². The zero-order valence-electron chi connectivity index (χ0n) is 16.0. The molecule has 7 heteroatoms. The number of fused-ring (bicyclic) bond motifs is 1. The highest BCUT2D eigenvalue weighted by Gasteiger charge is 2.37. The third-order valence-corrected chi connectivity index (χ3v) is 6.68. The van der Waals surface area contributed by atoms with E-state index in [4.69, 9.17) is 21.3 Å². The van der Waals surface area contributed by atoms with E-state index in [1.807, 2.05) is 18.3 Å². The topological polar surface area (TPSA) is 66.9 Å². The molecular weight excluding hydrogens is 374 g/mol. The Labute approximate surface area is 169 Å². The summed E-state index contributed by atoms with van der Waals surface area (Å²) in [5.41, 5.74) is 3.66. The first kappa shape index (κ1) is 17.7. The third kappa shape index (κ3) is 3.09. The summed E-state index contributed by atoms with van der Waals surface area (Å²) in [6, 6.07) is 5.57. The van der Waals surface area contributed by atoms with E-state index in [2.05, 4.69) is 20.1 Å². The summed E-state index contributed by atoms with van der Waals surface area (Å²) in [5, 5.41) is 8.08. The Morgan fingerprint density at radius 1 is 1.11 bits per heavy atom. The van der Waals surface area contributed by atoms with Crippen molar-refractivity contribution in [2.75, 3.05) is 25.1 Å². The Morgan fingerprint density at radius 3 is 2.64 bits per heavy atom. The molecule has 1 aliphatic heterocycles. The zero-order chi connectivity index (χ0) is 19.1. The molecule has 1 spiro atoms. The summed E-state index contributed by atoms with van der Waals surface area (Å²) in [5.74, 6) is 1.62. The van der Waals surface area contributed by atoms with Crippen molar-refractivity contribution in [3.05, 3.63) is 29.4 Å². The molecule has 3 aromatic rings. The quantitative estimate of drug-likeness (QED) is 0.684. The summed E-state index contributed by atoms with van der Waals surface area (Å²) in [4.78, 5) is 11.8. The molecule has 1 saturated carbocycles. The van der Waals surface area contributed by atoms with Gasteiger partial charge in [0.1, 0.15) is 17.1 Å². The first-order valence-corrected chi connectivity index (χ1v) is 10.3. The fraction of sp³-hybridized carbons (Fsp3) is 0.476. The highest BCUT2D eigenvalue weighted by Crippen LogP contribution is 2.46. The number of nitrogens with one attached hydrogen (secondary N) is 1. The maximum Gasteiger partial charge on any atom is 0.202 e. The van der Waals surface area contributed by atoms with Crippen molar-refractivity contribution in [2.24, 2.45) is 5.41 Å². The van der Waals surface area contributed by atoms with Crippen LogP contribution in [0.1, 0.15) is 38.5 Å². The molecule has 5 rings (SSSR count). The van der Waals surface area contributed by atoms with E-state index in [-0.39, 0.29) is 0 Å². The van der Waals surface area contributed by atoms with Crippen LogP contribution >= 0.6 is 11.6 Å². The van der Waals surface area contributed by atoms with Crippen LogP contribution in [0.25, 0.3) is 22.4 Å². The summed E-state index contributed by atoms with van der Waals surface area (Å²) in [6.45, 7) is 2.12. The van der Waals surface area contributed by atoms with Crippen molar-refractivity contribution in [3.8, 4) is 17.0 Å². The van der Waals surface area contributed by atoms with Gasteiger partial charge in [0.2, 0.25) is 5.65 Å². The lowest BCUT2D eigenvalue weighted by molar-refractivity contribution is 0.226. The normalized spacial score (nSPS) is 18.9. The average Bonchev–Trinajstić information content (AvgIpc) is 3.35. The number of rotatable bonds is 3. The molecule has 0 unspecified atom stereocenters. The van der Waals surface area contributed by atoms with Gasteiger partial charge in [-0.25, -0.2) is 9.97 Å².